The van der Waals surface area contributed by atoms with Crippen LogP contribution in [0.5, 0.6) is 0 Å². The predicted octanol–water partition coefficient (Wildman–Crippen LogP) is 1.19. The summed E-state index contributed by atoms with van der Waals surface area (Å²) < 4.78 is 7.03. The zero-order valence-electron chi connectivity index (χ0n) is 5.41. The van der Waals surface area contributed by atoms with Crippen LogP contribution in [0.15, 0.2) is 23.2 Å². The summed E-state index contributed by atoms with van der Waals surface area (Å²) >= 11 is 2.70. The Labute approximate surface area is 79.1 Å². The minimum atomic E-state index is 0. The Balaban J connectivity index is 0.000000167. The fraction of sp³-hybridized carbons (Fsp3) is 0. The topological polar surface area (TPSA) is 51.6 Å². The van der Waals surface area contributed by atoms with Crippen molar-refractivity contribution in [3.05, 3.63) is 23.2 Å². The minimum absolute atomic E-state index is 0. The average Bonchev–Trinajstić information content (AvgIpc) is 2.67. The SMILES string of the molecule is S.c1csnn1.c1csnn1. The van der Waals surface area contributed by atoms with Crippen molar-refractivity contribution in [2.45, 2.75) is 0 Å². The molecule has 0 fully saturated rings. The first-order chi connectivity index (χ1) is 5.00. The second kappa shape index (κ2) is 7.58. The van der Waals surface area contributed by atoms with Crippen molar-refractivity contribution in [2.75, 3.05) is 0 Å². The van der Waals surface area contributed by atoms with Gasteiger partial charge in [-0.15, -0.1) is 10.2 Å². The van der Waals surface area contributed by atoms with Gasteiger partial charge in [0.2, 0.25) is 0 Å². The molecule has 2 aromatic heterocycles. The van der Waals surface area contributed by atoms with E-state index in [9.17, 15) is 0 Å². The van der Waals surface area contributed by atoms with Crippen LogP contribution in [0.2, 0.25) is 0 Å². The van der Waals surface area contributed by atoms with Crippen molar-refractivity contribution in [1.82, 2.24) is 19.2 Å². The van der Waals surface area contributed by atoms with Crippen LogP contribution in [0.1, 0.15) is 0 Å². The quantitative estimate of drug-likeness (QED) is 0.649. The Bertz CT molecular complexity index is 157. The maximum absolute atomic E-state index is 3.51. The molecule has 0 unspecified atom stereocenters. The lowest BCUT2D eigenvalue weighted by Gasteiger charge is -1.40. The standard InChI is InChI=1S/2C2H2N2S.H2S/c2*1-2-5-4-3-1;/h2*1-2H;1H2. The molecule has 0 atom stereocenters. The molecule has 60 valence electrons. The first kappa shape index (κ1) is 10.5. The Morgan fingerprint density at radius 2 is 1.27 bits per heavy atom. The van der Waals surface area contributed by atoms with Gasteiger partial charge in [-0.3, -0.25) is 0 Å². The highest BCUT2D eigenvalue weighted by molar-refractivity contribution is 7.59. The van der Waals surface area contributed by atoms with Crippen LogP contribution in [-0.4, -0.2) is 19.2 Å². The van der Waals surface area contributed by atoms with E-state index in [0.717, 1.165) is 0 Å². The van der Waals surface area contributed by atoms with Gasteiger partial charge in [0.25, 0.3) is 0 Å². The van der Waals surface area contributed by atoms with E-state index in [1.807, 2.05) is 10.8 Å². The summed E-state index contributed by atoms with van der Waals surface area (Å²) in [7, 11) is 0. The molecule has 0 amide bonds. The van der Waals surface area contributed by atoms with Crippen molar-refractivity contribution in [2.24, 2.45) is 0 Å². The molecule has 0 aromatic carbocycles. The summed E-state index contributed by atoms with van der Waals surface area (Å²) in [6.07, 6.45) is 3.31. The molecule has 11 heavy (non-hydrogen) atoms. The summed E-state index contributed by atoms with van der Waals surface area (Å²) in [5.41, 5.74) is 0. The van der Waals surface area contributed by atoms with E-state index in [1.165, 1.54) is 23.1 Å². The number of rotatable bonds is 0. The Hall–Kier alpha value is -0.530. The molecular formula is C4H6N4S3. The second-order valence-electron chi connectivity index (χ2n) is 1.18. The van der Waals surface area contributed by atoms with Gasteiger partial charge in [0, 0.05) is 10.8 Å². The van der Waals surface area contributed by atoms with Gasteiger partial charge in [-0.25, -0.2) is 0 Å². The van der Waals surface area contributed by atoms with Crippen molar-refractivity contribution >= 4 is 36.6 Å². The van der Waals surface area contributed by atoms with E-state index >= 15 is 0 Å². The summed E-state index contributed by atoms with van der Waals surface area (Å²) in [4.78, 5) is 0. The highest BCUT2D eigenvalue weighted by Crippen LogP contribution is 1.79. The van der Waals surface area contributed by atoms with Crippen LogP contribution in [0.4, 0.5) is 0 Å². The van der Waals surface area contributed by atoms with Gasteiger partial charge < -0.3 is 0 Å². The largest absolute Gasteiger partial charge is 0.197 e. The van der Waals surface area contributed by atoms with Gasteiger partial charge in [-0.1, -0.05) is 8.98 Å². The minimum Gasteiger partial charge on any atom is -0.197 e. The zero-order chi connectivity index (χ0) is 7.07. The van der Waals surface area contributed by atoms with Crippen LogP contribution in [0, 0.1) is 0 Å². The van der Waals surface area contributed by atoms with Crippen LogP contribution in [0.3, 0.4) is 0 Å². The molecule has 2 rings (SSSR count). The van der Waals surface area contributed by atoms with E-state index in [0.29, 0.717) is 0 Å². The summed E-state index contributed by atoms with van der Waals surface area (Å²) in [6.45, 7) is 0. The monoisotopic (exact) mass is 206 g/mol. The predicted molar refractivity (Wildman–Crippen MR) is 50.2 cm³/mol. The van der Waals surface area contributed by atoms with Gasteiger partial charge >= 0.3 is 0 Å². The van der Waals surface area contributed by atoms with Crippen LogP contribution in [0.25, 0.3) is 0 Å². The lowest BCUT2D eigenvalue weighted by Crippen LogP contribution is -1.51. The normalized spacial score (nSPS) is 7.27. The van der Waals surface area contributed by atoms with E-state index < -0.39 is 0 Å². The molecule has 7 heteroatoms. The van der Waals surface area contributed by atoms with E-state index in [4.69, 9.17) is 0 Å². The summed E-state index contributed by atoms with van der Waals surface area (Å²) in [6, 6.07) is 0. The van der Waals surface area contributed by atoms with Gasteiger partial charge in [0.1, 0.15) is 0 Å². The van der Waals surface area contributed by atoms with Crippen molar-refractivity contribution < 1.29 is 0 Å². The van der Waals surface area contributed by atoms with E-state index in [-0.39, 0.29) is 13.5 Å². The van der Waals surface area contributed by atoms with Crippen molar-refractivity contribution in [1.29, 1.82) is 0 Å². The molecule has 0 saturated carbocycles. The first-order valence-corrected chi connectivity index (χ1v) is 4.09. The third-order valence-corrected chi connectivity index (χ3v) is 1.43. The molecule has 4 nitrogen and oxygen atoms in total. The van der Waals surface area contributed by atoms with Gasteiger partial charge in [-0.2, -0.15) is 13.5 Å². The lowest BCUT2D eigenvalue weighted by molar-refractivity contribution is 1.16. The van der Waals surface area contributed by atoms with Gasteiger partial charge in [0.15, 0.2) is 0 Å². The van der Waals surface area contributed by atoms with Gasteiger partial charge in [0.05, 0.1) is 12.4 Å². The highest BCUT2D eigenvalue weighted by Gasteiger charge is 1.61. The van der Waals surface area contributed by atoms with Crippen LogP contribution >= 0.6 is 36.6 Å². The molecule has 2 heterocycles. The number of hydrogen-bond acceptors (Lipinski definition) is 6. The highest BCUT2D eigenvalue weighted by atomic mass is 32.1. The van der Waals surface area contributed by atoms with Gasteiger partial charge in [-0.05, 0) is 23.1 Å². The molecular weight excluding hydrogens is 200 g/mol. The summed E-state index contributed by atoms with van der Waals surface area (Å²) in [5, 5.41) is 10.6. The molecule has 0 aliphatic heterocycles. The third-order valence-electron chi connectivity index (χ3n) is 0.565. The van der Waals surface area contributed by atoms with Crippen LogP contribution < -0.4 is 0 Å². The number of nitrogens with zero attached hydrogens (tertiary/aromatic N) is 4. The summed E-state index contributed by atoms with van der Waals surface area (Å²) in [5.74, 6) is 0. The Morgan fingerprint density at radius 3 is 1.36 bits per heavy atom. The molecule has 0 saturated heterocycles. The average molecular weight is 206 g/mol. The third kappa shape index (κ3) is 5.89. The number of aromatic nitrogens is 4. The fourth-order valence-electron chi connectivity index (χ4n) is 0.272. The zero-order valence-corrected chi connectivity index (χ0v) is 8.05. The molecule has 0 N–H and O–H groups in total. The second-order valence-corrected chi connectivity index (χ2v) is 2.47. The molecule has 2 aromatic rings. The molecule has 0 radical (unpaired) electrons. The molecule has 0 spiro atoms. The van der Waals surface area contributed by atoms with Crippen LogP contribution in [-0.2, 0) is 0 Å². The Morgan fingerprint density at radius 1 is 0.818 bits per heavy atom. The van der Waals surface area contributed by atoms with E-state index in [2.05, 4.69) is 19.2 Å². The molecule has 0 aliphatic carbocycles. The molecule has 0 bridgehead atoms. The lowest BCUT2D eigenvalue weighted by atomic mass is 11.1. The maximum atomic E-state index is 3.51. The number of hydrogen-bond donors (Lipinski definition) is 0. The van der Waals surface area contributed by atoms with Crippen molar-refractivity contribution in [3.63, 3.8) is 0 Å². The smallest absolute Gasteiger partial charge is 0.0620 e. The Kier molecular flexibility index (Phi) is 7.21. The van der Waals surface area contributed by atoms with E-state index in [1.54, 1.807) is 12.4 Å². The molecule has 0 aliphatic rings. The van der Waals surface area contributed by atoms with Crippen molar-refractivity contribution in [3.8, 4) is 0 Å². The fourth-order valence-corrected chi connectivity index (χ4v) is 0.816. The first-order valence-electron chi connectivity index (χ1n) is 2.42. The maximum Gasteiger partial charge on any atom is 0.0620 e.